The number of halogens is 2. The first kappa shape index (κ1) is 11.1. The van der Waals surface area contributed by atoms with Crippen molar-refractivity contribution in [3.63, 3.8) is 0 Å². The monoisotopic (exact) mass is 237 g/mol. The Bertz CT molecular complexity index is 488. The lowest BCUT2D eigenvalue weighted by atomic mass is 9.66. The minimum atomic E-state index is -0.902. The number of ketones is 1. The topological polar surface area (TPSA) is 40.9 Å². The normalized spacial score (nSPS) is 17.3. The molecule has 0 radical (unpaired) electrons. The van der Waals surface area contributed by atoms with Gasteiger partial charge in [0.25, 0.3) is 0 Å². The van der Waals surface area contributed by atoms with Gasteiger partial charge in [-0.25, -0.2) is 4.39 Å². The van der Waals surface area contributed by atoms with E-state index in [2.05, 4.69) is 6.07 Å². The van der Waals surface area contributed by atoms with Crippen LogP contribution in [0, 0.1) is 22.6 Å². The van der Waals surface area contributed by atoms with Crippen LogP contribution in [0.1, 0.15) is 29.6 Å². The fourth-order valence-corrected chi connectivity index (χ4v) is 2.01. The Morgan fingerprint density at radius 3 is 2.62 bits per heavy atom. The lowest BCUT2D eigenvalue weighted by Crippen LogP contribution is -2.36. The maximum Gasteiger partial charge on any atom is 0.183 e. The van der Waals surface area contributed by atoms with Gasteiger partial charge in [-0.3, -0.25) is 4.79 Å². The molecule has 0 unspecified atom stereocenters. The highest BCUT2D eigenvalue weighted by atomic mass is 35.5. The maximum absolute atomic E-state index is 12.9. The van der Waals surface area contributed by atoms with E-state index in [9.17, 15) is 9.18 Å². The lowest BCUT2D eigenvalue weighted by molar-refractivity contribution is 0.0748. The van der Waals surface area contributed by atoms with Crippen molar-refractivity contribution >= 4 is 17.4 Å². The van der Waals surface area contributed by atoms with Crippen molar-refractivity contribution < 1.29 is 9.18 Å². The van der Waals surface area contributed by atoms with E-state index < -0.39 is 11.2 Å². The van der Waals surface area contributed by atoms with Gasteiger partial charge in [-0.2, -0.15) is 5.26 Å². The van der Waals surface area contributed by atoms with Gasteiger partial charge in [-0.15, -0.1) is 0 Å². The number of hydrogen-bond acceptors (Lipinski definition) is 2. The van der Waals surface area contributed by atoms with Crippen LogP contribution in [0.25, 0.3) is 0 Å². The van der Waals surface area contributed by atoms with Crippen LogP contribution in [-0.2, 0) is 0 Å². The summed E-state index contributed by atoms with van der Waals surface area (Å²) < 4.78 is 12.9. The predicted molar refractivity (Wildman–Crippen MR) is 57.6 cm³/mol. The first-order chi connectivity index (χ1) is 7.59. The number of nitrogens with zero attached hydrogens (tertiary/aromatic N) is 1. The van der Waals surface area contributed by atoms with E-state index in [0.717, 1.165) is 12.5 Å². The van der Waals surface area contributed by atoms with Crippen LogP contribution in [0.5, 0.6) is 0 Å². The molecule has 0 spiro atoms. The number of carbonyl (C=O) groups excluding carboxylic acids is 1. The van der Waals surface area contributed by atoms with Crippen LogP contribution in [0.3, 0.4) is 0 Å². The van der Waals surface area contributed by atoms with Gasteiger partial charge < -0.3 is 0 Å². The molecule has 4 heteroatoms. The van der Waals surface area contributed by atoms with Crippen molar-refractivity contribution in [1.82, 2.24) is 0 Å². The molecule has 0 amide bonds. The number of rotatable bonds is 2. The molecule has 0 heterocycles. The first-order valence-corrected chi connectivity index (χ1v) is 5.38. The van der Waals surface area contributed by atoms with Gasteiger partial charge in [0, 0.05) is 5.56 Å². The molecular formula is C12H9ClFNO. The average Bonchev–Trinajstić information content (AvgIpc) is 2.21. The molecular weight excluding hydrogens is 229 g/mol. The van der Waals surface area contributed by atoms with Crippen molar-refractivity contribution in [2.24, 2.45) is 5.41 Å². The summed E-state index contributed by atoms with van der Waals surface area (Å²) in [6, 6.07) is 5.88. The standard InChI is InChI=1S/C12H9ClFNO/c13-9-6-8(2-3-10(9)14)11(16)12(7-15)4-1-5-12/h2-3,6H,1,4-5H2. The van der Waals surface area contributed by atoms with Crippen molar-refractivity contribution in [2.75, 3.05) is 0 Å². The molecule has 1 fully saturated rings. The predicted octanol–water partition coefficient (Wildman–Crippen LogP) is 3.36. The van der Waals surface area contributed by atoms with Crippen molar-refractivity contribution in [3.05, 3.63) is 34.6 Å². The molecule has 0 bridgehead atoms. The summed E-state index contributed by atoms with van der Waals surface area (Å²) >= 11 is 5.60. The van der Waals surface area contributed by atoms with Gasteiger partial charge in [-0.05, 0) is 37.5 Å². The summed E-state index contributed by atoms with van der Waals surface area (Å²) in [4.78, 5) is 12.0. The molecule has 0 N–H and O–H groups in total. The van der Waals surface area contributed by atoms with Crippen LogP contribution >= 0.6 is 11.6 Å². The van der Waals surface area contributed by atoms with Crippen LogP contribution in [0.15, 0.2) is 18.2 Å². The summed E-state index contributed by atoms with van der Waals surface area (Å²) in [7, 11) is 0. The van der Waals surface area contributed by atoms with E-state index in [4.69, 9.17) is 16.9 Å². The zero-order valence-corrected chi connectivity index (χ0v) is 9.22. The number of Topliss-reactive ketones (excluding diaryl/α,β-unsaturated/α-hetero) is 1. The largest absolute Gasteiger partial charge is 0.292 e. The Morgan fingerprint density at radius 1 is 1.50 bits per heavy atom. The Hall–Kier alpha value is -1.40. The Kier molecular flexibility index (Phi) is 2.69. The second-order valence-corrected chi connectivity index (χ2v) is 4.41. The zero-order valence-electron chi connectivity index (χ0n) is 8.46. The van der Waals surface area contributed by atoms with Crippen molar-refractivity contribution in [3.8, 4) is 6.07 Å². The van der Waals surface area contributed by atoms with E-state index >= 15 is 0 Å². The molecule has 1 aliphatic rings. The Morgan fingerprint density at radius 2 is 2.19 bits per heavy atom. The molecule has 2 rings (SSSR count). The number of carbonyl (C=O) groups is 1. The summed E-state index contributed by atoms with van der Waals surface area (Å²) in [5.41, 5.74) is -0.589. The molecule has 1 aromatic rings. The van der Waals surface area contributed by atoms with E-state index in [-0.39, 0.29) is 10.8 Å². The minimum absolute atomic E-state index is 0.0849. The highest BCUT2D eigenvalue weighted by molar-refractivity contribution is 6.31. The molecule has 2 nitrogen and oxygen atoms in total. The second-order valence-electron chi connectivity index (χ2n) is 4.01. The summed E-state index contributed by atoms with van der Waals surface area (Å²) in [5, 5.41) is 8.93. The van der Waals surface area contributed by atoms with Gasteiger partial charge in [0.15, 0.2) is 5.78 Å². The van der Waals surface area contributed by atoms with Gasteiger partial charge in [0.2, 0.25) is 0 Å². The summed E-state index contributed by atoms with van der Waals surface area (Å²) in [5.74, 6) is -0.805. The quantitative estimate of drug-likeness (QED) is 0.740. The van der Waals surface area contributed by atoms with Crippen LogP contribution in [-0.4, -0.2) is 5.78 Å². The average molecular weight is 238 g/mol. The number of benzene rings is 1. The van der Waals surface area contributed by atoms with Crippen molar-refractivity contribution in [2.45, 2.75) is 19.3 Å². The van der Waals surface area contributed by atoms with E-state index in [1.807, 2.05) is 0 Å². The second kappa shape index (κ2) is 3.88. The fourth-order valence-electron chi connectivity index (χ4n) is 1.83. The Labute approximate surface area is 97.6 Å². The maximum atomic E-state index is 12.9. The van der Waals surface area contributed by atoms with E-state index in [0.29, 0.717) is 18.4 Å². The van der Waals surface area contributed by atoms with E-state index in [1.54, 1.807) is 0 Å². The van der Waals surface area contributed by atoms with Crippen LogP contribution < -0.4 is 0 Å². The molecule has 0 atom stereocenters. The SMILES string of the molecule is N#CC1(C(=O)c2ccc(F)c(Cl)c2)CCC1. The third kappa shape index (κ3) is 1.60. The highest BCUT2D eigenvalue weighted by Gasteiger charge is 2.44. The molecule has 1 aliphatic carbocycles. The van der Waals surface area contributed by atoms with Crippen LogP contribution in [0.4, 0.5) is 4.39 Å². The third-order valence-electron chi connectivity index (χ3n) is 3.04. The lowest BCUT2D eigenvalue weighted by Gasteiger charge is -2.33. The molecule has 0 saturated heterocycles. The highest BCUT2D eigenvalue weighted by Crippen LogP contribution is 2.43. The smallest absolute Gasteiger partial charge is 0.183 e. The van der Waals surface area contributed by atoms with Gasteiger partial charge in [0.1, 0.15) is 11.2 Å². The van der Waals surface area contributed by atoms with Gasteiger partial charge in [-0.1, -0.05) is 11.6 Å². The third-order valence-corrected chi connectivity index (χ3v) is 3.33. The molecule has 82 valence electrons. The van der Waals surface area contributed by atoms with E-state index in [1.165, 1.54) is 12.1 Å². The molecule has 16 heavy (non-hydrogen) atoms. The first-order valence-electron chi connectivity index (χ1n) is 5.00. The van der Waals surface area contributed by atoms with Gasteiger partial charge in [0.05, 0.1) is 11.1 Å². The summed E-state index contributed by atoms with van der Waals surface area (Å²) in [6.07, 6.45) is 2.04. The zero-order chi connectivity index (χ0) is 11.8. The van der Waals surface area contributed by atoms with Crippen molar-refractivity contribution in [1.29, 1.82) is 5.26 Å². The number of nitriles is 1. The number of hydrogen-bond donors (Lipinski definition) is 0. The fraction of sp³-hybridized carbons (Fsp3) is 0.333. The summed E-state index contributed by atoms with van der Waals surface area (Å²) in [6.45, 7) is 0. The molecule has 0 aromatic heterocycles. The molecule has 1 aromatic carbocycles. The minimum Gasteiger partial charge on any atom is -0.292 e. The van der Waals surface area contributed by atoms with Crippen LogP contribution in [0.2, 0.25) is 5.02 Å². The van der Waals surface area contributed by atoms with Gasteiger partial charge >= 0.3 is 0 Å². The Balaban J connectivity index is 2.35. The molecule has 1 saturated carbocycles. The molecule has 0 aliphatic heterocycles.